The van der Waals surface area contributed by atoms with E-state index in [1.54, 1.807) is 33.5 Å². The number of hydrogen-bond acceptors (Lipinski definition) is 5. The molecule has 1 aromatic rings. The Morgan fingerprint density at radius 1 is 1.04 bits per heavy atom. The van der Waals surface area contributed by atoms with Crippen LogP contribution < -0.4 is 19.5 Å². The molecule has 1 aliphatic rings. The van der Waals surface area contributed by atoms with Crippen LogP contribution in [-0.2, 0) is 0 Å². The Labute approximate surface area is 150 Å². The number of benzene rings is 1. The maximum atomic E-state index is 12.6. The van der Waals surface area contributed by atoms with Gasteiger partial charge in [-0.1, -0.05) is 6.42 Å². The Hall–Kier alpha value is -1.95. The normalized spacial score (nSPS) is 15.6. The second-order valence-corrected chi connectivity index (χ2v) is 6.96. The van der Waals surface area contributed by atoms with Crippen molar-refractivity contribution < 1.29 is 19.0 Å². The third-order valence-electron chi connectivity index (χ3n) is 4.82. The van der Waals surface area contributed by atoms with Crippen molar-refractivity contribution >= 4 is 5.91 Å². The molecule has 6 heteroatoms. The zero-order valence-electron chi connectivity index (χ0n) is 16.0. The molecule has 6 nitrogen and oxygen atoms in total. The van der Waals surface area contributed by atoms with Gasteiger partial charge < -0.3 is 19.5 Å². The lowest BCUT2D eigenvalue weighted by atomic mass is 9.98. The number of methoxy groups -OCH3 is 3. The van der Waals surface area contributed by atoms with Crippen LogP contribution in [0.25, 0.3) is 0 Å². The van der Waals surface area contributed by atoms with Gasteiger partial charge in [0.1, 0.15) is 0 Å². The monoisotopic (exact) mass is 350 g/mol. The van der Waals surface area contributed by atoms with E-state index in [0.29, 0.717) is 29.4 Å². The molecule has 1 amide bonds. The van der Waals surface area contributed by atoms with Crippen molar-refractivity contribution in [1.29, 1.82) is 0 Å². The van der Waals surface area contributed by atoms with Crippen LogP contribution in [0.5, 0.6) is 17.2 Å². The number of amides is 1. The molecule has 1 saturated heterocycles. The zero-order chi connectivity index (χ0) is 18.4. The topological polar surface area (TPSA) is 60.0 Å². The van der Waals surface area contributed by atoms with Crippen LogP contribution in [0.2, 0.25) is 0 Å². The fraction of sp³-hybridized carbons (Fsp3) is 0.632. The SMILES string of the molecule is COc1cc(C(=O)NCC(C)(C)N2CCCCC2)cc(OC)c1OC. The molecule has 0 aliphatic carbocycles. The molecule has 0 spiro atoms. The van der Waals surface area contributed by atoms with Crippen molar-refractivity contribution in [1.82, 2.24) is 10.2 Å². The molecule has 0 saturated carbocycles. The summed E-state index contributed by atoms with van der Waals surface area (Å²) in [5.41, 5.74) is 0.417. The average molecular weight is 350 g/mol. The number of likely N-dealkylation sites (tertiary alicyclic amines) is 1. The molecule has 0 unspecified atom stereocenters. The second-order valence-electron chi connectivity index (χ2n) is 6.96. The minimum atomic E-state index is -0.149. The van der Waals surface area contributed by atoms with E-state index in [-0.39, 0.29) is 11.4 Å². The molecule has 140 valence electrons. The van der Waals surface area contributed by atoms with E-state index >= 15 is 0 Å². The van der Waals surface area contributed by atoms with Gasteiger partial charge in [-0.15, -0.1) is 0 Å². The summed E-state index contributed by atoms with van der Waals surface area (Å²) in [7, 11) is 4.62. The van der Waals surface area contributed by atoms with Crippen molar-refractivity contribution in [3.8, 4) is 17.2 Å². The first-order valence-corrected chi connectivity index (χ1v) is 8.76. The number of hydrogen-bond donors (Lipinski definition) is 1. The Balaban J connectivity index is 2.09. The average Bonchev–Trinajstić information content (AvgIpc) is 2.65. The van der Waals surface area contributed by atoms with Crippen molar-refractivity contribution in [2.75, 3.05) is 41.0 Å². The van der Waals surface area contributed by atoms with Crippen LogP contribution in [0.1, 0.15) is 43.5 Å². The standard InChI is InChI=1S/C19H30N2O4/c1-19(2,21-9-7-6-8-10-21)13-20-18(22)14-11-15(23-3)17(25-5)16(12-14)24-4/h11-12H,6-10,13H2,1-5H3,(H,20,22). The van der Waals surface area contributed by atoms with Gasteiger partial charge >= 0.3 is 0 Å². The quantitative estimate of drug-likeness (QED) is 0.819. The van der Waals surface area contributed by atoms with Crippen LogP contribution in [-0.4, -0.2) is 57.3 Å². The van der Waals surface area contributed by atoms with Crippen LogP contribution >= 0.6 is 0 Å². The molecular weight excluding hydrogens is 320 g/mol. The van der Waals surface area contributed by atoms with Crippen LogP contribution in [0.3, 0.4) is 0 Å². The summed E-state index contributed by atoms with van der Waals surface area (Å²) in [6.45, 7) is 7.12. The van der Waals surface area contributed by atoms with Crippen LogP contribution in [0.15, 0.2) is 12.1 Å². The Morgan fingerprint density at radius 2 is 1.60 bits per heavy atom. The summed E-state index contributed by atoms with van der Waals surface area (Å²) in [5, 5.41) is 3.04. The molecule has 0 radical (unpaired) electrons. The fourth-order valence-corrected chi connectivity index (χ4v) is 3.22. The minimum absolute atomic E-state index is 0.0727. The molecule has 25 heavy (non-hydrogen) atoms. The van der Waals surface area contributed by atoms with Crippen molar-refractivity contribution in [2.45, 2.75) is 38.6 Å². The van der Waals surface area contributed by atoms with E-state index in [4.69, 9.17) is 14.2 Å². The zero-order valence-corrected chi connectivity index (χ0v) is 16.0. The molecular formula is C19H30N2O4. The summed E-state index contributed by atoms with van der Waals surface area (Å²) in [6, 6.07) is 3.34. The molecule has 0 aromatic heterocycles. The third kappa shape index (κ3) is 4.57. The van der Waals surface area contributed by atoms with Gasteiger partial charge in [-0.05, 0) is 51.9 Å². The summed E-state index contributed by atoms with van der Waals surface area (Å²) in [4.78, 5) is 15.1. The van der Waals surface area contributed by atoms with Crippen LogP contribution in [0.4, 0.5) is 0 Å². The summed E-state index contributed by atoms with van der Waals surface area (Å²) in [5.74, 6) is 1.28. The number of ether oxygens (including phenoxy) is 3. The van der Waals surface area contributed by atoms with Gasteiger partial charge in [0.2, 0.25) is 5.75 Å². The van der Waals surface area contributed by atoms with Gasteiger partial charge in [0.05, 0.1) is 21.3 Å². The number of carbonyl (C=O) groups excluding carboxylic acids is 1. The van der Waals surface area contributed by atoms with Gasteiger partial charge in [0.15, 0.2) is 11.5 Å². The van der Waals surface area contributed by atoms with E-state index in [1.807, 2.05) is 0 Å². The lowest BCUT2D eigenvalue weighted by Crippen LogP contribution is -2.53. The van der Waals surface area contributed by atoms with E-state index in [1.165, 1.54) is 19.3 Å². The van der Waals surface area contributed by atoms with Crippen molar-refractivity contribution in [3.63, 3.8) is 0 Å². The van der Waals surface area contributed by atoms with Crippen molar-refractivity contribution in [2.24, 2.45) is 0 Å². The molecule has 1 aliphatic heterocycles. The Morgan fingerprint density at radius 3 is 2.08 bits per heavy atom. The molecule has 0 atom stereocenters. The maximum absolute atomic E-state index is 12.6. The smallest absolute Gasteiger partial charge is 0.251 e. The number of nitrogens with one attached hydrogen (secondary N) is 1. The van der Waals surface area contributed by atoms with Gasteiger partial charge in [-0.2, -0.15) is 0 Å². The lowest BCUT2D eigenvalue weighted by Gasteiger charge is -2.41. The highest BCUT2D eigenvalue weighted by atomic mass is 16.5. The molecule has 1 fully saturated rings. The molecule has 1 aromatic carbocycles. The predicted octanol–water partition coefficient (Wildman–Crippen LogP) is 2.71. The first-order valence-electron chi connectivity index (χ1n) is 8.76. The van der Waals surface area contributed by atoms with Crippen LogP contribution in [0, 0.1) is 0 Å². The highest BCUT2D eigenvalue weighted by Crippen LogP contribution is 2.38. The Kier molecular flexibility index (Phi) is 6.53. The number of nitrogens with zero attached hydrogens (tertiary/aromatic N) is 1. The maximum Gasteiger partial charge on any atom is 0.251 e. The summed E-state index contributed by atoms with van der Waals surface area (Å²) in [6.07, 6.45) is 3.75. The number of piperidine rings is 1. The van der Waals surface area contributed by atoms with E-state index < -0.39 is 0 Å². The predicted molar refractivity (Wildman–Crippen MR) is 97.9 cm³/mol. The van der Waals surface area contributed by atoms with E-state index in [2.05, 4.69) is 24.1 Å². The fourth-order valence-electron chi connectivity index (χ4n) is 3.22. The highest BCUT2D eigenvalue weighted by Gasteiger charge is 2.28. The largest absolute Gasteiger partial charge is 0.493 e. The highest BCUT2D eigenvalue weighted by molar-refractivity contribution is 5.95. The third-order valence-corrected chi connectivity index (χ3v) is 4.82. The minimum Gasteiger partial charge on any atom is -0.493 e. The molecule has 1 heterocycles. The lowest BCUT2D eigenvalue weighted by molar-refractivity contribution is 0.0797. The number of rotatable bonds is 7. The van der Waals surface area contributed by atoms with Crippen molar-refractivity contribution in [3.05, 3.63) is 17.7 Å². The summed E-state index contributed by atoms with van der Waals surface area (Å²) < 4.78 is 15.9. The molecule has 0 bridgehead atoms. The second kappa shape index (κ2) is 8.43. The van der Waals surface area contributed by atoms with Gasteiger partial charge in [-0.25, -0.2) is 0 Å². The first kappa shape index (κ1) is 19.4. The Bertz CT molecular complexity index is 570. The van der Waals surface area contributed by atoms with Gasteiger partial charge in [0.25, 0.3) is 5.91 Å². The number of carbonyl (C=O) groups is 1. The van der Waals surface area contributed by atoms with E-state index in [9.17, 15) is 4.79 Å². The first-order chi connectivity index (χ1) is 11.9. The summed E-state index contributed by atoms with van der Waals surface area (Å²) >= 11 is 0. The molecule has 1 N–H and O–H groups in total. The van der Waals surface area contributed by atoms with E-state index in [0.717, 1.165) is 13.1 Å². The molecule has 2 rings (SSSR count). The van der Waals surface area contributed by atoms with Gasteiger partial charge in [0, 0.05) is 17.6 Å². The van der Waals surface area contributed by atoms with Gasteiger partial charge in [-0.3, -0.25) is 9.69 Å².